The van der Waals surface area contributed by atoms with Crippen LogP contribution in [0.3, 0.4) is 0 Å². The van der Waals surface area contributed by atoms with Crippen LogP contribution in [0.5, 0.6) is 0 Å². The Labute approximate surface area is 172 Å². The molecule has 3 aromatic carbocycles. The van der Waals surface area contributed by atoms with Crippen LogP contribution in [0.4, 0.5) is 5.69 Å². The van der Waals surface area contributed by atoms with E-state index in [-0.39, 0.29) is 17.8 Å². The molecule has 29 heavy (non-hydrogen) atoms. The van der Waals surface area contributed by atoms with Gasteiger partial charge in [-0.3, -0.25) is 9.59 Å². The number of benzene rings is 3. The Morgan fingerprint density at radius 2 is 1.66 bits per heavy atom. The minimum absolute atomic E-state index is 0.190. The van der Waals surface area contributed by atoms with Gasteiger partial charge >= 0.3 is 0 Å². The Bertz CT molecular complexity index is 1270. The van der Waals surface area contributed by atoms with Gasteiger partial charge in [0.15, 0.2) is 5.69 Å². The summed E-state index contributed by atoms with van der Waals surface area (Å²) < 4.78 is 1.33. The van der Waals surface area contributed by atoms with E-state index in [1.807, 2.05) is 37.3 Å². The first-order valence-corrected chi connectivity index (χ1v) is 9.52. The van der Waals surface area contributed by atoms with Crippen LogP contribution in [0.15, 0.2) is 77.6 Å². The molecule has 4 rings (SSSR count). The van der Waals surface area contributed by atoms with E-state index in [9.17, 15) is 9.59 Å². The SMILES string of the molecule is Cc1c(Cl)cccc1NC(=O)c1nn(Cc2ccccc2)c(=O)c2ccccc12. The number of carbonyl (C=O) groups is 1. The van der Waals surface area contributed by atoms with Crippen LogP contribution in [0.2, 0.25) is 5.02 Å². The highest BCUT2D eigenvalue weighted by molar-refractivity contribution is 6.31. The van der Waals surface area contributed by atoms with Crippen molar-refractivity contribution in [2.45, 2.75) is 13.5 Å². The maximum Gasteiger partial charge on any atom is 0.276 e. The van der Waals surface area contributed by atoms with E-state index in [1.165, 1.54) is 4.68 Å². The van der Waals surface area contributed by atoms with Crippen LogP contribution < -0.4 is 10.9 Å². The fourth-order valence-corrected chi connectivity index (χ4v) is 3.37. The number of amides is 1. The number of fused-ring (bicyclic) bond motifs is 1. The lowest BCUT2D eigenvalue weighted by molar-refractivity contribution is 0.102. The Balaban J connectivity index is 1.80. The molecule has 0 spiro atoms. The van der Waals surface area contributed by atoms with Gasteiger partial charge in [-0.1, -0.05) is 66.2 Å². The van der Waals surface area contributed by atoms with Crippen LogP contribution in [0.25, 0.3) is 10.8 Å². The highest BCUT2D eigenvalue weighted by atomic mass is 35.5. The van der Waals surface area contributed by atoms with Gasteiger partial charge in [-0.15, -0.1) is 0 Å². The number of hydrogen-bond acceptors (Lipinski definition) is 3. The topological polar surface area (TPSA) is 64.0 Å². The molecule has 0 aliphatic carbocycles. The van der Waals surface area contributed by atoms with E-state index >= 15 is 0 Å². The van der Waals surface area contributed by atoms with E-state index in [0.29, 0.717) is 21.5 Å². The van der Waals surface area contributed by atoms with E-state index in [4.69, 9.17) is 11.6 Å². The van der Waals surface area contributed by atoms with E-state index < -0.39 is 5.91 Å². The van der Waals surface area contributed by atoms with Crippen LogP contribution in [-0.2, 0) is 6.54 Å². The number of hydrogen-bond donors (Lipinski definition) is 1. The predicted molar refractivity (Wildman–Crippen MR) is 116 cm³/mol. The third-order valence-electron chi connectivity index (χ3n) is 4.77. The molecule has 6 heteroatoms. The molecule has 1 N–H and O–H groups in total. The van der Waals surface area contributed by atoms with Gasteiger partial charge in [-0.2, -0.15) is 5.10 Å². The minimum Gasteiger partial charge on any atom is -0.320 e. The highest BCUT2D eigenvalue weighted by Gasteiger charge is 2.18. The molecule has 0 atom stereocenters. The molecule has 0 aliphatic rings. The zero-order valence-electron chi connectivity index (χ0n) is 15.7. The third kappa shape index (κ3) is 3.77. The first-order chi connectivity index (χ1) is 14.0. The third-order valence-corrected chi connectivity index (χ3v) is 5.18. The van der Waals surface area contributed by atoms with Gasteiger partial charge in [-0.05, 0) is 36.2 Å². The van der Waals surface area contributed by atoms with Gasteiger partial charge in [0, 0.05) is 16.1 Å². The molecule has 1 heterocycles. The fraction of sp³-hybridized carbons (Fsp3) is 0.0870. The molecule has 0 radical (unpaired) electrons. The maximum absolute atomic E-state index is 13.1. The van der Waals surface area contributed by atoms with E-state index in [1.54, 1.807) is 42.5 Å². The molecule has 4 aromatic rings. The molecular formula is C23H18ClN3O2. The average molecular weight is 404 g/mol. The smallest absolute Gasteiger partial charge is 0.276 e. The molecular weight excluding hydrogens is 386 g/mol. The number of rotatable bonds is 4. The van der Waals surface area contributed by atoms with Crippen molar-refractivity contribution in [1.82, 2.24) is 9.78 Å². The second-order valence-electron chi connectivity index (χ2n) is 6.71. The highest BCUT2D eigenvalue weighted by Crippen LogP contribution is 2.24. The molecule has 0 aliphatic heterocycles. The summed E-state index contributed by atoms with van der Waals surface area (Å²) in [5.74, 6) is -0.395. The van der Waals surface area contributed by atoms with E-state index in [2.05, 4.69) is 10.4 Å². The molecule has 1 aromatic heterocycles. The van der Waals surface area contributed by atoms with Gasteiger partial charge < -0.3 is 5.32 Å². The molecule has 5 nitrogen and oxygen atoms in total. The normalized spacial score (nSPS) is 10.8. The van der Waals surface area contributed by atoms with Crippen molar-refractivity contribution in [3.05, 3.63) is 105 Å². The van der Waals surface area contributed by atoms with Crippen molar-refractivity contribution >= 4 is 34.0 Å². The first-order valence-electron chi connectivity index (χ1n) is 9.15. The van der Waals surface area contributed by atoms with Crippen molar-refractivity contribution in [1.29, 1.82) is 0 Å². The van der Waals surface area contributed by atoms with E-state index in [0.717, 1.165) is 11.1 Å². The zero-order chi connectivity index (χ0) is 20.4. The van der Waals surface area contributed by atoms with Crippen LogP contribution in [-0.4, -0.2) is 15.7 Å². The van der Waals surface area contributed by atoms with Gasteiger partial charge in [0.2, 0.25) is 0 Å². The summed E-state index contributed by atoms with van der Waals surface area (Å²) in [6, 6.07) is 21.9. The van der Waals surface area contributed by atoms with Gasteiger partial charge in [0.25, 0.3) is 11.5 Å². The number of carbonyl (C=O) groups excluding carboxylic acids is 1. The Hall–Kier alpha value is -3.44. The Morgan fingerprint density at radius 3 is 2.41 bits per heavy atom. The van der Waals surface area contributed by atoms with Gasteiger partial charge in [0.05, 0.1) is 11.9 Å². The van der Waals surface area contributed by atoms with Crippen molar-refractivity contribution < 1.29 is 4.79 Å². The minimum atomic E-state index is -0.395. The quantitative estimate of drug-likeness (QED) is 0.539. The largest absolute Gasteiger partial charge is 0.320 e. The summed E-state index contributed by atoms with van der Waals surface area (Å²) in [7, 11) is 0. The number of aromatic nitrogens is 2. The average Bonchev–Trinajstić information content (AvgIpc) is 2.74. The Morgan fingerprint density at radius 1 is 0.966 bits per heavy atom. The molecule has 0 bridgehead atoms. The lowest BCUT2D eigenvalue weighted by Gasteiger charge is -2.13. The lowest BCUT2D eigenvalue weighted by Crippen LogP contribution is -2.28. The van der Waals surface area contributed by atoms with Crippen molar-refractivity contribution in [3.63, 3.8) is 0 Å². The summed E-state index contributed by atoms with van der Waals surface area (Å²) in [6.45, 7) is 2.11. The van der Waals surface area contributed by atoms with Crippen molar-refractivity contribution in [2.24, 2.45) is 0 Å². The Kier molecular flexibility index (Phi) is 5.14. The molecule has 0 fully saturated rings. The summed E-state index contributed by atoms with van der Waals surface area (Å²) in [5.41, 5.74) is 2.25. The number of nitrogens with one attached hydrogen (secondary N) is 1. The summed E-state index contributed by atoms with van der Waals surface area (Å²) in [5, 5.41) is 8.80. The lowest BCUT2D eigenvalue weighted by atomic mass is 10.1. The number of halogens is 1. The maximum atomic E-state index is 13.1. The monoisotopic (exact) mass is 403 g/mol. The molecule has 1 amide bonds. The van der Waals surface area contributed by atoms with Crippen molar-refractivity contribution in [2.75, 3.05) is 5.32 Å². The second-order valence-corrected chi connectivity index (χ2v) is 7.12. The summed E-state index contributed by atoms with van der Waals surface area (Å²) in [4.78, 5) is 26.0. The molecule has 0 unspecified atom stereocenters. The van der Waals surface area contributed by atoms with Crippen molar-refractivity contribution in [3.8, 4) is 0 Å². The summed E-state index contributed by atoms with van der Waals surface area (Å²) in [6.07, 6.45) is 0. The summed E-state index contributed by atoms with van der Waals surface area (Å²) >= 11 is 6.16. The van der Waals surface area contributed by atoms with Gasteiger partial charge in [-0.25, -0.2) is 4.68 Å². The molecule has 0 saturated heterocycles. The zero-order valence-corrected chi connectivity index (χ0v) is 16.5. The molecule has 0 saturated carbocycles. The molecule has 144 valence electrons. The number of anilines is 1. The van der Waals surface area contributed by atoms with Gasteiger partial charge in [0.1, 0.15) is 0 Å². The number of nitrogens with zero attached hydrogens (tertiary/aromatic N) is 2. The van der Waals surface area contributed by atoms with Crippen LogP contribution >= 0.6 is 11.6 Å². The fourth-order valence-electron chi connectivity index (χ4n) is 3.19. The van der Waals surface area contributed by atoms with Crippen LogP contribution in [0.1, 0.15) is 21.6 Å². The van der Waals surface area contributed by atoms with Crippen LogP contribution in [0, 0.1) is 6.92 Å². The predicted octanol–water partition coefficient (Wildman–Crippen LogP) is 4.66. The second kappa shape index (κ2) is 7.89. The first kappa shape index (κ1) is 18.9. The standard InChI is InChI=1S/C23H18ClN3O2/c1-15-19(24)12-7-13-20(15)25-22(28)21-17-10-5-6-11-18(17)23(29)27(26-21)14-16-8-3-2-4-9-16/h2-13H,14H2,1H3,(H,25,28).